The van der Waals surface area contributed by atoms with E-state index in [0.717, 1.165) is 12.8 Å². The van der Waals surface area contributed by atoms with Crippen LogP contribution in [0.5, 0.6) is 0 Å². The van der Waals surface area contributed by atoms with Crippen LogP contribution in [0.2, 0.25) is 0 Å². The fourth-order valence-corrected chi connectivity index (χ4v) is 4.98. The molecule has 2 nitrogen and oxygen atoms in total. The summed E-state index contributed by atoms with van der Waals surface area (Å²) in [6.07, 6.45) is 41.5. The van der Waals surface area contributed by atoms with Crippen molar-refractivity contribution in [2.45, 2.75) is 194 Å². The lowest BCUT2D eigenvalue weighted by molar-refractivity contribution is -0.137. The highest BCUT2D eigenvalue weighted by Gasteiger charge is 1.98. The first kappa shape index (κ1) is 35.2. The van der Waals surface area contributed by atoms with Gasteiger partial charge in [0.15, 0.2) is 0 Å². The third-order valence-electron chi connectivity index (χ3n) is 7.47. The first-order chi connectivity index (χ1) is 17.8. The van der Waals surface area contributed by atoms with Crippen LogP contribution in [0.3, 0.4) is 0 Å². The number of unbranched alkanes of at least 4 members (excludes halogenated alkanes) is 26. The van der Waals surface area contributed by atoms with Crippen molar-refractivity contribution in [2.24, 2.45) is 0 Å². The van der Waals surface area contributed by atoms with Gasteiger partial charge in [0.05, 0.1) is 6.61 Å². The molecule has 2 heteroatoms. The molecule has 0 aromatic carbocycles. The third kappa shape index (κ3) is 31.2. The second-order valence-corrected chi connectivity index (χ2v) is 11.2. The average molecular weight is 507 g/mol. The zero-order valence-corrected chi connectivity index (χ0v) is 25.0. The standard InChI is InChI=1S/C34H66O2/c1-3-5-7-9-11-13-15-17-19-20-22-24-26-28-30-32-34(35)36-33-31-29-27-25-23-21-18-16-14-12-10-8-6-4-2/h30,32H,3-29,31,33H2,1-2H3/b32-30+. The highest BCUT2D eigenvalue weighted by atomic mass is 16.5. The maximum atomic E-state index is 11.8. The smallest absolute Gasteiger partial charge is 0.330 e. The van der Waals surface area contributed by atoms with E-state index in [4.69, 9.17) is 4.74 Å². The van der Waals surface area contributed by atoms with Crippen molar-refractivity contribution in [3.05, 3.63) is 12.2 Å². The summed E-state index contributed by atoms with van der Waals surface area (Å²) in [6.45, 7) is 5.15. The number of esters is 1. The van der Waals surface area contributed by atoms with Gasteiger partial charge in [0.25, 0.3) is 0 Å². The highest BCUT2D eigenvalue weighted by molar-refractivity contribution is 5.81. The van der Waals surface area contributed by atoms with Crippen LogP contribution in [0.4, 0.5) is 0 Å². The number of hydrogen-bond acceptors (Lipinski definition) is 2. The van der Waals surface area contributed by atoms with Gasteiger partial charge in [-0.2, -0.15) is 0 Å². The summed E-state index contributed by atoms with van der Waals surface area (Å²) in [7, 11) is 0. The van der Waals surface area contributed by atoms with Crippen LogP contribution in [0.25, 0.3) is 0 Å². The normalized spacial score (nSPS) is 11.5. The summed E-state index contributed by atoms with van der Waals surface area (Å²) in [5, 5.41) is 0. The van der Waals surface area contributed by atoms with Crippen molar-refractivity contribution in [1.82, 2.24) is 0 Å². The summed E-state index contributed by atoms with van der Waals surface area (Å²) >= 11 is 0. The highest BCUT2D eigenvalue weighted by Crippen LogP contribution is 2.14. The number of carbonyl (C=O) groups is 1. The molecule has 0 aliphatic heterocycles. The first-order valence-electron chi connectivity index (χ1n) is 16.6. The zero-order valence-electron chi connectivity index (χ0n) is 25.0. The second-order valence-electron chi connectivity index (χ2n) is 11.2. The Bertz CT molecular complexity index is 442. The van der Waals surface area contributed by atoms with Crippen LogP contribution in [-0.4, -0.2) is 12.6 Å². The van der Waals surface area contributed by atoms with Crippen LogP contribution < -0.4 is 0 Å². The van der Waals surface area contributed by atoms with Gasteiger partial charge in [-0.15, -0.1) is 0 Å². The topological polar surface area (TPSA) is 26.3 Å². The quantitative estimate of drug-likeness (QED) is 0.0550. The molecular formula is C34H66O2. The number of rotatable bonds is 30. The molecule has 0 aromatic rings. The maximum Gasteiger partial charge on any atom is 0.330 e. The Hall–Kier alpha value is -0.790. The van der Waals surface area contributed by atoms with E-state index in [2.05, 4.69) is 13.8 Å². The van der Waals surface area contributed by atoms with Crippen LogP contribution in [-0.2, 0) is 9.53 Å². The van der Waals surface area contributed by atoms with Crippen molar-refractivity contribution in [1.29, 1.82) is 0 Å². The van der Waals surface area contributed by atoms with Gasteiger partial charge in [-0.25, -0.2) is 4.79 Å². The minimum atomic E-state index is -0.153. The monoisotopic (exact) mass is 507 g/mol. The fourth-order valence-electron chi connectivity index (χ4n) is 4.98. The number of ether oxygens (including phenoxy) is 1. The van der Waals surface area contributed by atoms with E-state index >= 15 is 0 Å². The predicted molar refractivity (Wildman–Crippen MR) is 161 cm³/mol. The van der Waals surface area contributed by atoms with Gasteiger partial charge >= 0.3 is 5.97 Å². The molecule has 0 bridgehead atoms. The molecule has 0 spiro atoms. The fraction of sp³-hybridized carbons (Fsp3) is 0.912. The Morgan fingerprint density at radius 1 is 0.444 bits per heavy atom. The Morgan fingerprint density at radius 3 is 1.11 bits per heavy atom. The van der Waals surface area contributed by atoms with Gasteiger partial charge in [-0.05, 0) is 19.3 Å². The molecule has 0 fully saturated rings. The lowest BCUT2D eigenvalue weighted by Crippen LogP contribution is -2.02. The number of carbonyl (C=O) groups excluding carboxylic acids is 1. The molecule has 0 aliphatic carbocycles. The minimum absolute atomic E-state index is 0.153. The lowest BCUT2D eigenvalue weighted by atomic mass is 10.0. The molecule has 0 amide bonds. The van der Waals surface area contributed by atoms with Crippen molar-refractivity contribution in [3.63, 3.8) is 0 Å². The summed E-state index contributed by atoms with van der Waals surface area (Å²) < 4.78 is 5.34. The molecule has 0 aliphatic rings. The molecule has 0 heterocycles. The maximum absolute atomic E-state index is 11.8. The Balaban J connectivity index is 3.21. The summed E-state index contributed by atoms with van der Waals surface area (Å²) in [4.78, 5) is 11.8. The Labute approximate surface area is 227 Å². The van der Waals surface area contributed by atoms with Gasteiger partial charge in [0.1, 0.15) is 0 Å². The predicted octanol–water partition coefficient (Wildman–Crippen LogP) is 12.0. The van der Waals surface area contributed by atoms with E-state index in [0.29, 0.717) is 6.61 Å². The van der Waals surface area contributed by atoms with Gasteiger partial charge in [0, 0.05) is 6.08 Å². The van der Waals surface area contributed by atoms with Crippen molar-refractivity contribution < 1.29 is 9.53 Å². The average Bonchev–Trinajstić information content (AvgIpc) is 2.88. The van der Waals surface area contributed by atoms with Gasteiger partial charge < -0.3 is 4.74 Å². The zero-order chi connectivity index (χ0) is 26.2. The molecule has 0 atom stereocenters. The van der Waals surface area contributed by atoms with E-state index in [1.807, 2.05) is 6.08 Å². The van der Waals surface area contributed by atoms with Crippen LogP contribution in [0.15, 0.2) is 12.2 Å². The number of allylic oxidation sites excluding steroid dienone is 1. The van der Waals surface area contributed by atoms with E-state index < -0.39 is 0 Å². The lowest BCUT2D eigenvalue weighted by Gasteiger charge is -2.04. The van der Waals surface area contributed by atoms with Gasteiger partial charge in [-0.3, -0.25) is 0 Å². The minimum Gasteiger partial charge on any atom is -0.463 e. The van der Waals surface area contributed by atoms with E-state index in [1.165, 1.54) is 167 Å². The largest absolute Gasteiger partial charge is 0.463 e. The molecule has 0 unspecified atom stereocenters. The summed E-state index contributed by atoms with van der Waals surface area (Å²) in [6, 6.07) is 0. The van der Waals surface area contributed by atoms with Crippen molar-refractivity contribution in [3.8, 4) is 0 Å². The van der Waals surface area contributed by atoms with E-state index in [9.17, 15) is 4.79 Å². The molecule has 0 saturated carbocycles. The second kappa shape index (κ2) is 32.2. The molecular weight excluding hydrogens is 440 g/mol. The SMILES string of the molecule is CCCCCCCCCCCCCCC/C=C/C(=O)OCCCCCCCCCCCCCCCC. The summed E-state index contributed by atoms with van der Waals surface area (Å²) in [5.41, 5.74) is 0. The molecule has 0 saturated heterocycles. The molecule has 0 aromatic heterocycles. The van der Waals surface area contributed by atoms with Crippen LogP contribution >= 0.6 is 0 Å². The Morgan fingerprint density at radius 2 is 0.750 bits per heavy atom. The molecule has 214 valence electrons. The summed E-state index contributed by atoms with van der Waals surface area (Å²) in [5.74, 6) is -0.153. The first-order valence-corrected chi connectivity index (χ1v) is 16.6. The van der Waals surface area contributed by atoms with Crippen molar-refractivity contribution in [2.75, 3.05) is 6.61 Å². The van der Waals surface area contributed by atoms with Gasteiger partial charge in [-0.1, -0.05) is 180 Å². The molecule has 0 radical (unpaired) electrons. The Kier molecular flexibility index (Phi) is 31.5. The van der Waals surface area contributed by atoms with Crippen molar-refractivity contribution >= 4 is 5.97 Å². The van der Waals surface area contributed by atoms with Gasteiger partial charge in [0.2, 0.25) is 0 Å². The van der Waals surface area contributed by atoms with E-state index in [-0.39, 0.29) is 5.97 Å². The van der Waals surface area contributed by atoms with E-state index in [1.54, 1.807) is 6.08 Å². The van der Waals surface area contributed by atoms with Crippen LogP contribution in [0, 0.1) is 0 Å². The number of hydrogen-bond donors (Lipinski definition) is 0. The molecule has 0 N–H and O–H groups in total. The molecule has 0 rings (SSSR count). The molecule has 36 heavy (non-hydrogen) atoms. The van der Waals surface area contributed by atoms with Crippen LogP contribution in [0.1, 0.15) is 194 Å². The third-order valence-corrected chi connectivity index (χ3v) is 7.47.